The van der Waals surface area contributed by atoms with Crippen molar-refractivity contribution in [1.82, 2.24) is 20.5 Å². The summed E-state index contributed by atoms with van der Waals surface area (Å²) in [7, 11) is 0. The maximum Gasteiger partial charge on any atom is 0.326 e. The Morgan fingerprint density at radius 3 is 2.71 bits per heavy atom. The van der Waals surface area contributed by atoms with Crippen molar-refractivity contribution in [1.29, 1.82) is 0 Å². The van der Waals surface area contributed by atoms with Gasteiger partial charge in [0.2, 0.25) is 5.82 Å². The van der Waals surface area contributed by atoms with E-state index in [0.717, 1.165) is 0 Å². The van der Waals surface area contributed by atoms with Gasteiger partial charge in [0, 0.05) is 19.4 Å². The molecule has 0 aliphatic rings. The number of carboxylic acid groups (broad SMARTS) is 1. The maximum absolute atomic E-state index is 11.6. The molecule has 8 heteroatoms. The number of carbonyl (C=O) groups is 2. The highest BCUT2D eigenvalue weighted by molar-refractivity contribution is 5.93. The topological polar surface area (TPSA) is 128 Å². The Balaban J connectivity index is 2.66. The van der Waals surface area contributed by atoms with Crippen molar-refractivity contribution >= 4 is 11.9 Å². The van der Waals surface area contributed by atoms with E-state index in [1.165, 1.54) is 0 Å². The van der Waals surface area contributed by atoms with Gasteiger partial charge in [-0.05, 0) is 0 Å². The van der Waals surface area contributed by atoms with Crippen LogP contribution in [-0.4, -0.2) is 49.9 Å². The standard InChI is InChI=1S/C9H14N4O4/c1-2-6-11-7(13-12-6)8(15)10-5(3-4-14)9(16)17/h5,14H,2-4H2,1H3,(H,10,15)(H,16,17)(H,11,12,13)/t5-/m0/s1. The lowest BCUT2D eigenvalue weighted by Gasteiger charge is -2.11. The fourth-order valence-electron chi connectivity index (χ4n) is 1.16. The Labute approximate surface area is 97.1 Å². The Hall–Kier alpha value is -1.96. The average Bonchev–Trinajstić information content (AvgIpc) is 2.76. The highest BCUT2D eigenvalue weighted by Gasteiger charge is 2.22. The number of aliphatic carboxylic acids is 1. The number of carboxylic acids is 1. The molecule has 0 saturated carbocycles. The molecule has 0 aliphatic heterocycles. The molecule has 0 unspecified atom stereocenters. The van der Waals surface area contributed by atoms with E-state index in [0.29, 0.717) is 12.2 Å². The zero-order chi connectivity index (χ0) is 12.8. The number of amides is 1. The van der Waals surface area contributed by atoms with Crippen LogP contribution in [0.2, 0.25) is 0 Å². The quantitative estimate of drug-likeness (QED) is 0.503. The van der Waals surface area contributed by atoms with Crippen molar-refractivity contribution < 1.29 is 19.8 Å². The molecule has 1 atom stereocenters. The molecule has 1 aromatic heterocycles. The molecule has 0 bridgehead atoms. The molecule has 1 aromatic rings. The van der Waals surface area contributed by atoms with Gasteiger partial charge < -0.3 is 15.5 Å². The van der Waals surface area contributed by atoms with Crippen LogP contribution in [-0.2, 0) is 11.2 Å². The fraction of sp³-hybridized carbons (Fsp3) is 0.556. The van der Waals surface area contributed by atoms with Gasteiger partial charge in [0.25, 0.3) is 5.91 Å². The van der Waals surface area contributed by atoms with Crippen LogP contribution in [0.25, 0.3) is 0 Å². The normalized spacial score (nSPS) is 12.1. The molecular formula is C9H14N4O4. The number of rotatable bonds is 6. The summed E-state index contributed by atoms with van der Waals surface area (Å²) in [5.41, 5.74) is 0. The summed E-state index contributed by atoms with van der Waals surface area (Å²) in [6, 6.07) is -1.14. The van der Waals surface area contributed by atoms with Gasteiger partial charge in [-0.25, -0.2) is 9.78 Å². The third-order valence-electron chi connectivity index (χ3n) is 2.09. The predicted molar refractivity (Wildman–Crippen MR) is 56.4 cm³/mol. The number of hydrogen-bond donors (Lipinski definition) is 4. The number of aromatic nitrogens is 3. The molecule has 0 spiro atoms. The number of hydrogen-bond acceptors (Lipinski definition) is 5. The van der Waals surface area contributed by atoms with E-state index in [1.54, 1.807) is 0 Å². The number of carbonyl (C=O) groups excluding carboxylic acids is 1. The molecule has 0 fully saturated rings. The Bertz CT molecular complexity index is 403. The van der Waals surface area contributed by atoms with E-state index in [1.807, 2.05) is 6.92 Å². The summed E-state index contributed by atoms with van der Waals surface area (Å²) >= 11 is 0. The van der Waals surface area contributed by atoms with E-state index in [9.17, 15) is 9.59 Å². The maximum atomic E-state index is 11.6. The second-order valence-electron chi connectivity index (χ2n) is 3.34. The second kappa shape index (κ2) is 5.94. The van der Waals surface area contributed by atoms with E-state index in [2.05, 4.69) is 20.5 Å². The van der Waals surface area contributed by atoms with Gasteiger partial charge in [-0.2, -0.15) is 0 Å². The largest absolute Gasteiger partial charge is 0.480 e. The third-order valence-corrected chi connectivity index (χ3v) is 2.09. The van der Waals surface area contributed by atoms with Crippen molar-refractivity contribution in [3.8, 4) is 0 Å². The fourth-order valence-corrected chi connectivity index (χ4v) is 1.16. The molecule has 1 heterocycles. The smallest absolute Gasteiger partial charge is 0.326 e. The monoisotopic (exact) mass is 242 g/mol. The van der Waals surface area contributed by atoms with Crippen molar-refractivity contribution in [2.75, 3.05) is 6.61 Å². The van der Waals surface area contributed by atoms with Crippen molar-refractivity contribution in [3.05, 3.63) is 11.6 Å². The van der Waals surface area contributed by atoms with Gasteiger partial charge in [-0.1, -0.05) is 6.92 Å². The van der Waals surface area contributed by atoms with Crippen molar-refractivity contribution in [3.63, 3.8) is 0 Å². The molecule has 0 aromatic carbocycles. The van der Waals surface area contributed by atoms with Gasteiger partial charge in [0.1, 0.15) is 11.9 Å². The number of H-pyrrole nitrogens is 1. The van der Waals surface area contributed by atoms with Gasteiger partial charge in [0.05, 0.1) is 0 Å². The van der Waals surface area contributed by atoms with Crippen LogP contribution < -0.4 is 5.32 Å². The lowest BCUT2D eigenvalue weighted by Crippen LogP contribution is -2.41. The van der Waals surface area contributed by atoms with Gasteiger partial charge >= 0.3 is 5.97 Å². The van der Waals surface area contributed by atoms with Crippen LogP contribution in [0.4, 0.5) is 0 Å². The molecule has 94 valence electrons. The van der Waals surface area contributed by atoms with Crippen LogP contribution in [0.1, 0.15) is 29.8 Å². The minimum absolute atomic E-state index is 0.0634. The van der Waals surface area contributed by atoms with E-state index in [-0.39, 0.29) is 18.9 Å². The van der Waals surface area contributed by atoms with Gasteiger partial charge in [-0.15, -0.1) is 5.10 Å². The number of aryl methyl sites for hydroxylation is 1. The molecule has 1 amide bonds. The molecular weight excluding hydrogens is 228 g/mol. The third kappa shape index (κ3) is 3.52. The van der Waals surface area contributed by atoms with Gasteiger partial charge in [0.15, 0.2) is 0 Å². The van der Waals surface area contributed by atoms with Gasteiger partial charge in [-0.3, -0.25) is 9.89 Å². The molecule has 0 radical (unpaired) electrons. The summed E-state index contributed by atoms with van der Waals surface area (Å²) in [5.74, 6) is -1.45. The van der Waals surface area contributed by atoms with Crippen molar-refractivity contribution in [2.45, 2.75) is 25.8 Å². The first-order valence-corrected chi connectivity index (χ1v) is 5.14. The first-order chi connectivity index (χ1) is 8.08. The molecule has 17 heavy (non-hydrogen) atoms. The van der Waals surface area contributed by atoms with Crippen LogP contribution in [0.15, 0.2) is 0 Å². The zero-order valence-corrected chi connectivity index (χ0v) is 9.30. The Morgan fingerprint density at radius 1 is 1.53 bits per heavy atom. The molecule has 1 rings (SSSR count). The second-order valence-corrected chi connectivity index (χ2v) is 3.34. The first kappa shape index (κ1) is 13.1. The van der Waals surface area contributed by atoms with E-state index in [4.69, 9.17) is 10.2 Å². The molecule has 0 aliphatic carbocycles. The molecule has 0 saturated heterocycles. The van der Waals surface area contributed by atoms with Crippen LogP contribution >= 0.6 is 0 Å². The minimum atomic E-state index is -1.21. The zero-order valence-electron chi connectivity index (χ0n) is 9.30. The average molecular weight is 242 g/mol. The highest BCUT2D eigenvalue weighted by Crippen LogP contribution is 1.97. The Morgan fingerprint density at radius 2 is 2.24 bits per heavy atom. The van der Waals surface area contributed by atoms with Crippen LogP contribution in [0.5, 0.6) is 0 Å². The van der Waals surface area contributed by atoms with E-state index < -0.39 is 17.9 Å². The first-order valence-electron chi connectivity index (χ1n) is 5.14. The summed E-state index contributed by atoms with van der Waals surface area (Å²) in [4.78, 5) is 26.2. The van der Waals surface area contributed by atoms with Crippen LogP contribution in [0.3, 0.4) is 0 Å². The number of aliphatic hydroxyl groups excluding tert-OH is 1. The number of aromatic amines is 1. The number of nitrogens with zero attached hydrogens (tertiary/aromatic N) is 2. The summed E-state index contributed by atoms with van der Waals surface area (Å²) < 4.78 is 0. The predicted octanol–water partition coefficient (Wildman–Crippen LogP) is -1.07. The molecule has 4 N–H and O–H groups in total. The van der Waals surface area contributed by atoms with Crippen molar-refractivity contribution in [2.24, 2.45) is 0 Å². The highest BCUT2D eigenvalue weighted by atomic mass is 16.4. The Kier molecular flexibility index (Phi) is 4.58. The summed E-state index contributed by atoms with van der Waals surface area (Å²) in [6.07, 6.45) is 0.533. The lowest BCUT2D eigenvalue weighted by molar-refractivity contribution is -0.139. The minimum Gasteiger partial charge on any atom is -0.480 e. The summed E-state index contributed by atoms with van der Waals surface area (Å²) in [5, 5.41) is 25.9. The summed E-state index contributed by atoms with van der Waals surface area (Å²) in [6.45, 7) is 1.51. The lowest BCUT2D eigenvalue weighted by atomic mass is 10.2. The number of nitrogens with one attached hydrogen (secondary N) is 2. The SMILES string of the molecule is CCc1nc(C(=O)N[C@@H](CCO)C(=O)O)n[nH]1. The van der Waals surface area contributed by atoms with Crippen LogP contribution in [0, 0.1) is 0 Å². The van der Waals surface area contributed by atoms with E-state index >= 15 is 0 Å². The number of aliphatic hydroxyl groups is 1. The molecule has 8 nitrogen and oxygen atoms in total.